The van der Waals surface area contributed by atoms with Gasteiger partial charge in [-0.1, -0.05) is 12.1 Å². The summed E-state index contributed by atoms with van der Waals surface area (Å²) in [6.07, 6.45) is -8.28. The molecule has 10 nitrogen and oxygen atoms in total. The number of benzene rings is 1. The first-order valence-corrected chi connectivity index (χ1v) is 13.6. The molecule has 1 spiro atoms. The average molecular weight is 712 g/mol. The van der Waals surface area contributed by atoms with E-state index < -0.39 is 36.4 Å². The maximum absolute atomic E-state index is 13.1. The Morgan fingerprint density at radius 3 is 1.62 bits per heavy atom. The van der Waals surface area contributed by atoms with Gasteiger partial charge >= 0.3 is 36.4 Å². The fraction of sp³-hybridized carbons (Fsp3) is 0.500. The maximum atomic E-state index is 13.1. The van der Waals surface area contributed by atoms with E-state index in [-0.39, 0.29) is 11.4 Å². The molecule has 1 aromatic heterocycles. The van der Waals surface area contributed by atoms with Crippen molar-refractivity contribution in [2.75, 3.05) is 26.7 Å². The molecular formula is C28H31F10N3O7. The molecule has 0 radical (unpaired) electrons. The highest BCUT2D eigenvalue weighted by Gasteiger charge is 2.44. The van der Waals surface area contributed by atoms with Gasteiger partial charge in [0.15, 0.2) is 0 Å². The third kappa shape index (κ3) is 15.7. The van der Waals surface area contributed by atoms with E-state index >= 15 is 0 Å². The SMILES string of the molecule is CN(Cc1ccncc1)C1COC2(CCN(Cc3ccc(F)cc3)CC2)C1.O=C(O)C(F)(F)F.O=C(O)C(F)(F)F.O=C(O)C(F)(F)F. The predicted octanol–water partition coefficient (Wildman–Crippen LogP) is 5.38. The Labute approximate surface area is 266 Å². The van der Waals surface area contributed by atoms with Crippen LogP contribution in [0.2, 0.25) is 0 Å². The average Bonchev–Trinajstić information content (AvgIpc) is 3.39. The molecule has 3 N–H and O–H groups in total. The van der Waals surface area contributed by atoms with Crippen LogP contribution in [-0.4, -0.2) is 105 Å². The third-order valence-electron chi connectivity index (χ3n) is 6.81. The van der Waals surface area contributed by atoms with Crippen molar-refractivity contribution >= 4 is 17.9 Å². The second kappa shape index (κ2) is 17.9. The molecule has 2 aliphatic heterocycles. The number of halogens is 10. The van der Waals surface area contributed by atoms with Crippen molar-refractivity contribution in [3.05, 3.63) is 65.7 Å². The third-order valence-corrected chi connectivity index (χ3v) is 6.81. The smallest absolute Gasteiger partial charge is 0.475 e. The number of carboxylic acid groups (broad SMARTS) is 3. The summed E-state index contributed by atoms with van der Waals surface area (Å²) in [6.45, 7) is 4.72. The molecular weight excluding hydrogens is 680 g/mol. The van der Waals surface area contributed by atoms with E-state index in [0.29, 0.717) is 6.04 Å². The molecule has 0 amide bonds. The quantitative estimate of drug-likeness (QED) is 0.347. The molecule has 48 heavy (non-hydrogen) atoms. The lowest BCUT2D eigenvalue weighted by atomic mass is 9.87. The Bertz CT molecular complexity index is 1240. The number of likely N-dealkylation sites (tertiary alicyclic amines) is 1. The first kappa shape index (κ1) is 42.0. The van der Waals surface area contributed by atoms with Crippen LogP contribution < -0.4 is 0 Å². The fourth-order valence-corrected chi connectivity index (χ4v) is 4.32. The minimum Gasteiger partial charge on any atom is -0.475 e. The van der Waals surface area contributed by atoms with Gasteiger partial charge in [-0.2, -0.15) is 39.5 Å². The van der Waals surface area contributed by atoms with E-state index in [4.69, 9.17) is 34.4 Å². The number of piperidine rings is 1. The van der Waals surface area contributed by atoms with Crippen LogP contribution >= 0.6 is 0 Å². The lowest BCUT2D eigenvalue weighted by molar-refractivity contribution is -0.193. The number of carboxylic acids is 3. The van der Waals surface area contributed by atoms with Gasteiger partial charge in [0.05, 0.1) is 12.2 Å². The van der Waals surface area contributed by atoms with E-state index in [0.717, 1.165) is 52.0 Å². The molecule has 2 aliphatic rings. The van der Waals surface area contributed by atoms with Crippen LogP contribution in [0.4, 0.5) is 43.9 Å². The van der Waals surface area contributed by atoms with Gasteiger partial charge in [-0.3, -0.25) is 14.8 Å². The zero-order valence-corrected chi connectivity index (χ0v) is 24.9. The van der Waals surface area contributed by atoms with Gasteiger partial charge in [0, 0.05) is 44.6 Å². The summed E-state index contributed by atoms with van der Waals surface area (Å²) >= 11 is 0. The topological polar surface area (TPSA) is 140 Å². The molecule has 2 aromatic rings. The molecule has 2 fully saturated rings. The standard InChI is InChI=1S/C22H28FN3O.3C2HF3O2/c1-25(15-19-6-10-24-11-7-19)21-14-22(27-17-21)8-12-26(13-9-22)16-18-2-4-20(23)5-3-18;3*3-2(4,5)1(6)7/h2-7,10-11,21H,8-9,12-17H2,1H3;3*(H,6,7). The van der Waals surface area contributed by atoms with Crippen molar-refractivity contribution in [2.24, 2.45) is 0 Å². The Hall–Kier alpha value is -4.04. The van der Waals surface area contributed by atoms with Gasteiger partial charge in [-0.25, -0.2) is 18.8 Å². The highest BCUT2D eigenvalue weighted by molar-refractivity contribution is 5.73. The van der Waals surface area contributed by atoms with Crippen molar-refractivity contribution in [1.29, 1.82) is 0 Å². The summed E-state index contributed by atoms with van der Waals surface area (Å²) in [5.41, 5.74) is 2.51. The van der Waals surface area contributed by atoms with E-state index in [1.807, 2.05) is 24.5 Å². The number of carbonyl (C=O) groups is 3. The summed E-state index contributed by atoms with van der Waals surface area (Å²) in [6, 6.07) is 11.5. The van der Waals surface area contributed by atoms with Crippen LogP contribution in [0.25, 0.3) is 0 Å². The zero-order chi connectivity index (χ0) is 36.9. The number of aromatic nitrogens is 1. The number of rotatable bonds is 5. The highest BCUT2D eigenvalue weighted by Crippen LogP contribution is 2.38. The second-order valence-electron chi connectivity index (χ2n) is 10.4. The van der Waals surface area contributed by atoms with Crippen LogP contribution in [0, 0.1) is 5.82 Å². The van der Waals surface area contributed by atoms with Crippen LogP contribution in [0.3, 0.4) is 0 Å². The summed E-state index contributed by atoms with van der Waals surface area (Å²) in [5, 5.41) is 21.4. The van der Waals surface area contributed by atoms with Crippen molar-refractivity contribution in [3.63, 3.8) is 0 Å². The first-order chi connectivity index (χ1) is 21.9. The van der Waals surface area contributed by atoms with Crippen LogP contribution in [0.15, 0.2) is 48.8 Å². The van der Waals surface area contributed by atoms with Crippen molar-refractivity contribution < 1.29 is 78.3 Å². The van der Waals surface area contributed by atoms with E-state index in [2.05, 4.69) is 34.0 Å². The van der Waals surface area contributed by atoms with Crippen LogP contribution in [0.1, 0.15) is 30.4 Å². The van der Waals surface area contributed by atoms with Crippen molar-refractivity contribution in [1.82, 2.24) is 14.8 Å². The number of likely N-dealkylation sites (N-methyl/N-ethyl adjacent to an activating group) is 1. The van der Waals surface area contributed by atoms with Gasteiger partial charge in [0.1, 0.15) is 5.82 Å². The highest BCUT2D eigenvalue weighted by atomic mass is 19.4. The maximum Gasteiger partial charge on any atom is 0.490 e. The molecule has 1 aromatic carbocycles. The Morgan fingerprint density at radius 2 is 1.23 bits per heavy atom. The summed E-state index contributed by atoms with van der Waals surface area (Å²) in [5.74, 6) is -8.44. The Balaban J connectivity index is 0.000000448. The van der Waals surface area contributed by atoms with E-state index in [1.165, 1.54) is 11.1 Å². The number of hydrogen-bond donors (Lipinski definition) is 3. The minimum absolute atomic E-state index is 0.0382. The zero-order valence-electron chi connectivity index (χ0n) is 24.9. The largest absolute Gasteiger partial charge is 0.490 e. The molecule has 1 unspecified atom stereocenters. The van der Waals surface area contributed by atoms with E-state index in [9.17, 15) is 43.9 Å². The first-order valence-electron chi connectivity index (χ1n) is 13.6. The number of nitrogens with zero attached hydrogens (tertiary/aromatic N) is 3. The molecule has 1 atom stereocenters. The lowest BCUT2D eigenvalue weighted by Gasteiger charge is -2.39. The van der Waals surface area contributed by atoms with Crippen LogP contribution in [-0.2, 0) is 32.2 Å². The summed E-state index contributed by atoms with van der Waals surface area (Å²) in [4.78, 5) is 35.6. The van der Waals surface area contributed by atoms with Gasteiger partial charge in [-0.05, 0) is 61.7 Å². The summed E-state index contributed by atoms with van der Waals surface area (Å²) < 4.78 is 115. The summed E-state index contributed by atoms with van der Waals surface area (Å²) in [7, 11) is 2.19. The normalized spacial score (nSPS) is 17.6. The molecule has 4 rings (SSSR count). The molecule has 2 saturated heterocycles. The van der Waals surface area contributed by atoms with Gasteiger partial charge < -0.3 is 20.1 Å². The number of hydrogen-bond acceptors (Lipinski definition) is 7. The Kier molecular flexibility index (Phi) is 15.7. The minimum atomic E-state index is -5.08. The number of pyridine rings is 1. The van der Waals surface area contributed by atoms with Crippen molar-refractivity contribution in [3.8, 4) is 0 Å². The van der Waals surface area contributed by atoms with Crippen LogP contribution in [0.5, 0.6) is 0 Å². The Morgan fingerprint density at radius 1 is 0.812 bits per heavy atom. The lowest BCUT2D eigenvalue weighted by Crippen LogP contribution is -2.44. The molecule has 0 saturated carbocycles. The monoisotopic (exact) mass is 711 g/mol. The van der Waals surface area contributed by atoms with E-state index in [1.54, 1.807) is 12.1 Å². The molecule has 3 heterocycles. The van der Waals surface area contributed by atoms with Gasteiger partial charge in [0.25, 0.3) is 0 Å². The van der Waals surface area contributed by atoms with Crippen molar-refractivity contribution in [2.45, 2.75) is 62.5 Å². The molecule has 270 valence electrons. The molecule has 0 aliphatic carbocycles. The number of aliphatic carboxylic acids is 3. The van der Waals surface area contributed by atoms with Gasteiger partial charge in [-0.15, -0.1) is 0 Å². The fourth-order valence-electron chi connectivity index (χ4n) is 4.32. The number of ether oxygens (including phenoxy) is 1. The number of alkyl halides is 9. The predicted molar refractivity (Wildman–Crippen MR) is 145 cm³/mol. The second-order valence-corrected chi connectivity index (χ2v) is 10.4. The van der Waals surface area contributed by atoms with Gasteiger partial charge in [0.2, 0.25) is 0 Å². The molecule has 0 bridgehead atoms. The molecule has 20 heteroatoms.